The minimum Gasteiger partial charge on any atom is -0.340 e. The van der Waals surface area contributed by atoms with E-state index in [-0.39, 0.29) is 30.7 Å². The monoisotopic (exact) mass is 237 g/mol. The van der Waals surface area contributed by atoms with Gasteiger partial charge in [0, 0.05) is 51.3 Å². The highest BCUT2D eigenvalue weighted by Crippen LogP contribution is 2.06. The van der Waals surface area contributed by atoms with E-state index in [1.54, 1.807) is 4.90 Å². The second kappa shape index (κ2) is 5.09. The Morgan fingerprint density at radius 3 is 2.35 bits per heavy atom. The first-order valence-corrected chi connectivity index (χ1v) is 5.70. The second-order valence-electron chi connectivity index (χ2n) is 4.04. The molecule has 0 spiro atoms. The van der Waals surface area contributed by atoms with Gasteiger partial charge in [0.2, 0.25) is 5.91 Å². The summed E-state index contributed by atoms with van der Waals surface area (Å²) in [5.74, 6) is -0.662. The molecule has 1 N–H and O–H groups in total. The molecular formula is C11H15N3O3. The van der Waals surface area contributed by atoms with Crippen LogP contribution in [0.5, 0.6) is 0 Å². The van der Waals surface area contributed by atoms with Crippen molar-refractivity contribution in [2.45, 2.75) is 6.42 Å². The minimum absolute atomic E-state index is 0.000926. The van der Waals surface area contributed by atoms with Gasteiger partial charge in [0.15, 0.2) is 0 Å². The number of amides is 3. The molecule has 2 rings (SSSR count). The van der Waals surface area contributed by atoms with Crippen LogP contribution in [-0.2, 0) is 14.4 Å². The largest absolute Gasteiger partial charge is 0.340 e. The van der Waals surface area contributed by atoms with E-state index in [0.717, 1.165) is 18.0 Å². The standard InChI is InChI=1S/C11H15N3O3/c15-9(13-7-4-12-5-8-13)3-6-14-10(16)1-2-11(14)17/h1-2,12H,3-8H2. The van der Waals surface area contributed by atoms with E-state index in [2.05, 4.69) is 5.32 Å². The fourth-order valence-electron chi connectivity index (χ4n) is 1.93. The molecule has 6 nitrogen and oxygen atoms in total. The highest BCUT2D eigenvalue weighted by atomic mass is 16.2. The third-order valence-electron chi connectivity index (χ3n) is 2.92. The first-order valence-electron chi connectivity index (χ1n) is 5.70. The number of hydrogen-bond donors (Lipinski definition) is 1. The van der Waals surface area contributed by atoms with Crippen LogP contribution in [0.15, 0.2) is 12.2 Å². The average Bonchev–Trinajstić information content (AvgIpc) is 2.67. The van der Waals surface area contributed by atoms with Crippen molar-refractivity contribution < 1.29 is 14.4 Å². The number of rotatable bonds is 3. The predicted octanol–water partition coefficient (Wildman–Crippen LogP) is -1.27. The average molecular weight is 237 g/mol. The molecule has 0 unspecified atom stereocenters. The highest BCUT2D eigenvalue weighted by Gasteiger charge is 2.25. The van der Waals surface area contributed by atoms with Gasteiger partial charge in [0.05, 0.1) is 0 Å². The van der Waals surface area contributed by atoms with Gasteiger partial charge in [-0.3, -0.25) is 19.3 Å². The fourth-order valence-corrected chi connectivity index (χ4v) is 1.93. The predicted molar refractivity (Wildman–Crippen MR) is 59.9 cm³/mol. The van der Waals surface area contributed by atoms with E-state index in [0.29, 0.717) is 13.1 Å². The summed E-state index contributed by atoms with van der Waals surface area (Å²) in [5, 5.41) is 3.16. The molecule has 0 bridgehead atoms. The molecule has 0 aromatic heterocycles. The number of hydrogen-bond acceptors (Lipinski definition) is 4. The maximum absolute atomic E-state index is 11.8. The molecule has 2 aliphatic heterocycles. The molecule has 0 radical (unpaired) electrons. The van der Waals surface area contributed by atoms with E-state index in [9.17, 15) is 14.4 Å². The van der Waals surface area contributed by atoms with Crippen molar-refractivity contribution in [3.05, 3.63) is 12.2 Å². The van der Waals surface area contributed by atoms with Crippen LogP contribution in [-0.4, -0.2) is 60.2 Å². The van der Waals surface area contributed by atoms with Crippen molar-refractivity contribution in [1.82, 2.24) is 15.1 Å². The third kappa shape index (κ3) is 2.71. The first-order chi connectivity index (χ1) is 8.18. The molecule has 0 aromatic rings. The summed E-state index contributed by atoms with van der Waals surface area (Å²) >= 11 is 0. The van der Waals surface area contributed by atoms with Crippen molar-refractivity contribution in [3.8, 4) is 0 Å². The Morgan fingerprint density at radius 2 is 1.76 bits per heavy atom. The van der Waals surface area contributed by atoms with Gasteiger partial charge < -0.3 is 10.2 Å². The molecule has 2 heterocycles. The Bertz CT molecular complexity index is 354. The van der Waals surface area contributed by atoms with Crippen LogP contribution >= 0.6 is 0 Å². The van der Waals surface area contributed by atoms with Crippen LogP contribution < -0.4 is 5.32 Å². The number of nitrogens with zero attached hydrogens (tertiary/aromatic N) is 2. The Morgan fingerprint density at radius 1 is 1.18 bits per heavy atom. The SMILES string of the molecule is O=C(CCN1C(=O)C=CC1=O)N1CCNCC1. The van der Waals surface area contributed by atoms with Gasteiger partial charge in [0.25, 0.3) is 11.8 Å². The third-order valence-corrected chi connectivity index (χ3v) is 2.92. The molecule has 0 saturated carbocycles. The molecule has 3 amide bonds. The molecule has 0 aliphatic carbocycles. The normalized spacial score (nSPS) is 20.2. The molecular weight excluding hydrogens is 222 g/mol. The number of piperazine rings is 1. The van der Waals surface area contributed by atoms with E-state index in [1.165, 1.54) is 12.2 Å². The summed E-state index contributed by atoms with van der Waals surface area (Å²) in [6, 6.07) is 0. The van der Waals surface area contributed by atoms with Crippen molar-refractivity contribution in [3.63, 3.8) is 0 Å². The number of imide groups is 1. The van der Waals surface area contributed by atoms with Gasteiger partial charge in [-0.25, -0.2) is 0 Å². The Kier molecular flexibility index (Phi) is 3.53. The lowest BCUT2D eigenvalue weighted by atomic mass is 10.3. The number of nitrogens with one attached hydrogen (secondary N) is 1. The van der Waals surface area contributed by atoms with Crippen LogP contribution in [0.25, 0.3) is 0 Å². The van der Waals surface area contributed by atoms with Crippen molar-refractivity contribution in [2.75, 3.05) is 32.7 Å². The maximum Gasteiger partial charge on any atom is 0.253 e. The molecule has 0 aromatic carbocycles. The van der Waals surface area contributed by atoms with Crippen molar-refractivity contribution in [2.24, 2.45) is 0 Å². The zero-order chi connectivity index (χ0) is 12.3. The summed E-state index contributed by atoms with van der Waals surface area (Å²) in [6.07, 6.45) is 2.68. The zero-order valence-electron chi connectivity index (χ0n) is 9.52. The summed E-state index contributed by atoms with van der Waals surface area (Å²) in [7, 11) is 0. The van der Waals surface area contributed by atoms with Gasteiger partial charge >= 0.3 is 0 Å². The van der Waals surface area contributed by atoms with Gasteiger partial charge in [-0.1, -0.05) is 0 Å². The van der Waals surface area contributed by atoms with Crippen LogP contribution in [0, 0.1) is 0 Å². The molecule has 92 valence electrons. The van der Waals surface area contributed by atoms with Gasteiger partial charge in [-0.15, -0.1) is 0 Å². The molecule has 2 aliphatic rings. The van der Waals surface area contributed by atoms with Gasteiger partial charge in [-0.05, 0) is 0 Å². The van der Waals surface area contributed by atoms with Crippen LogP contribution in [0.4, 0.5) is 0 Å². The van der Waals surface area contributed by atoms with Crippen LogP contribution in [0.1, 0.15) is 6.42 Å². The van der Waals surface area contributed by atoms with Crippen molar-refractivity contribution >= 4 is 17.7 Å². The summed E-state index contributed by atoms with van der Waals surface area (Å²) < 4.78 is 0. The Hall–Kier alpha value is -1.69. The molecule has 1 saturated heterocycles. The van der Waals surface area contributed by atoms with Crippen LogP contribution in [0.2, 0.25) is 0 Å². The van der Waals surface area contributed by atoms with Crippen molar-refractivity contribution in [1.29, 1.82) is 0 Å². The Labute approximate surface area is 99.2 Å². The van der Waals surface area contributed by atoms with E-state index in [4.69, 9.17) is 0 Å². The van der Waals surface area contributed by atoms with E-state index in [1.807, 2.05) is 0 Å². The smallest absolute Gasteiger partial charge is 0.253 e. The van der Waals surface area contributed by atoms with E-state index < -0.39 is 0 Å². The quantitative estimate of drug-likeness (QED) is 0.622. The van der Waals surface area contributed by atoms with E-state index >= 15 is 0 Å². The summed E-state index contributed by atoms with van der Waals surface area (Å²) in [5.41, 5.74) is 0. The lowest BCUT2D eigenvalue weighted by molar-refractivity contribution is -0.138. The number of carbonyl (C=O) groups is 3. The summed E-state index contributed by atoms with van der Waals surface area (Å²) in [4.78, 5) is 37.2. The molecule has 17 heavy (non-hydrogen) atoms. The summed E-state index contributed by atoms with van der Waals surface area (Å²) in [6.45, 7) is 3.16. The highest BCUT2D eigenvalue weighted by molar-refractivity contribution is 6.13. The van der Waals surface area contributed by atoms with Gasteiger partial charge in [-0.2, -0.15) is 0 Å². The first kappa shape index (κ1) is 11.8. The van der Waals surface area contributed by atoms with Crippen LogP contribution in [0.3, 0.4) is 0 Å². The number of carbonyl (C=O) groups excluding carboxylic acids is 3. The molecule has 0 atom stereocenters. The second-order valence-corrected chi connectivity index (χ2v) is 4.04. The maximum atomic E-state index is 11.8. The lowest BCUT2D eigenvalue weighted by Gasteiger charge is -2.28. The lowest BCUT2D eigenvalue weighted by Crippen LogP contribution is -2.47. The minimum atomic E-state index is -0.330. The Balaban J connectivity index is 1.79. The molecule has 6 heteroatoms. The molecule has 1 fully saturated rings. The zero-order valence-corrected chi connectivity index (χ0v) is 9.52. The fraction of sp³-hybridized carbons (Fsp3) is 0.545. The topological polar surface area (TPSA) is 69.7 Å². The van der Waals surface area contributed by atoms with Gasteiger partial charge in [0.1, 0.15) is 0 Å².